The Morgan fingerprint density at radius 1 is 0.810 bits per heavy atom. The van der Waals surface area contributed by atoms with E-state index < -0.39 is 0 Å². The van der Waals surface area contributed by atoms with Gasteiger partial charge < -0.3 is 10.5 Å². The first-order valence-electron chi connectivity index (χ1n) is 6.74. The van der Waals surface area contributed by atoms with E-state index in [2.05, 4.69) is 24.3 Å². The van der Waals surface area contributed by atoms with Crippen molar-refractivity contribution in [2.24, 2.45) is 5.73 Å². The molecule has 3 aromatic rings. The summed E-state index contributed by atoms with van der Waals surface area (Å²) in [6.45, 7) is 1.97. The Kier molecular flexibility index (Phi) is 4.84. The summed E-state index contributed by atoms with van der Waals surface area (Å²) in [6, 6.07) is 22.3. The molecule has 0 fully saturated rings. The fourth-order valence-corrected chi connectivity index (χ4v) is 2.21. The molecule has 0 saturated carbocycles. The molecule has 0 aliphatic rings. The summed E-state index contributed by atoms with van der Waals surface area (Å²) in [4.78, 5) is 0. The predicted molar refractivity (Wildman–Crippen MR) is 90.3 cm³/mol. The molecule has 21 heavy (non-hydrogen) atoms. The number of nitrogens with two attached hydrogens (primary N) is 1. The van der Waals surface area contributed by atoms with Crippen LogP contribution in [0.5, 0.6) is 11.5 Å². The van der Waals surface area contributed by atoms with Gasteiger partial charge in [-0.25, -0.2) is 0 Å². The zero-order chi connectivity index (χ0) is 13.9. The van der Waals surface area contributed by atoms with Gasteiger partial charge in [-0.3, -0.25) is 0 Å². The predicted octanol–water partition coefficient (Wildman–Crippen LogP) is 5.07. The topological polar surface area (TPSA) is 35.2 Å². The Bertz CT molecular complexity index is 723. The van der Waals surface area contributed by atoms with Crippen molar-refractivity contribution in [3.8, 4) is 11.5 Å². The molecule has 0 aromatic heterocycles. The van der Waals surface area contributed by atoms with Gasteiger partial charge in [-0.2, -0.15) is 0 Å². The SMILES string of the molecule is CC(N)c1ccc(Oc2ccc3ccccc3c2)cc1.Cl. The molecule has 2 N–H and O–H groups in total. The lowest BCUT2D eigenvalue weighted by molar-refractivity contribution is 0.483. The number of benzene rings is 3. The van der Waals surface area contributed by atoms with Gasteiger partial charge in [0.15, 0.2) is 0 Å². The van der Waals surface area contributed by atoms with Gasteiger partial charge in [-0.05, 0) is 47.5 Å². The minimum absolute atomic E-state index is 0. The van der Waals surface area contributed by atoms with Crippen molar-refractivity contribution in [2.45, 2.75) is 13.0 Å². The van der Waals surface area contributed by atoms with Gasteiger partial charge >= 0.3 is 0 Å². The number of ether oxygens (including phenoxy) is 1. The van der Waals surface area contributed by atoms with E-state index in [0.29, 0.717) is 0 Å². The quantitative estimate of drug-likeness (QED) is 0.732. The summed E-state index contributed by atoms with van der Waals surface area (Å²) in [6.07, 6.45) is 0. The second kappa shape index (κ2) is 6.61. The maximum absolute atomic E-state index is 5.88. The highest BCUT2D eigenvalue weighted by molar-refractivity contribution is 5.85. The highest BCUT2D eigenvalue weighted by atomic mass is 35.5. The molecule has 0 bridgehead atoms. The van der Waals surface area contributed by atoms with Crippen molar-refractivity contribution in [2.75, 3.05) is 0 Å². The van der Waals surface area contributed by atoms with Crippen LogP contribution in [0.4, 0.5) is 0 Å². The van der Waals surface area contributed by atoms with Crippen molar-refractivity contribution in [3.63, 3.8) is 0 Å². The highest BCUT2D eigenvalue weighted by Crippen LogP contribution is 2.26. The Balaban J connectivity index is 0.00000161. The first-order chi connectivity index (χ1) is 9.72. The van der Waals surface area contributed by atoms with Crippen molar-refractivity contribution in [1.29, 1.82) is 0 Å². The average Bonchev–Trinajstić information content (AvgIpc) is 2.48. The second-order valence-electron chi connectivity index (χ2n) is 4.97. The Morgan fingerprint density at radius 2 is 1.43 bits per heavy atom. The summed E-state index contributed by atoms with van der Waals surface area (Å²) in [5.41, 5.74) is 6.95. The maximum Gasteiger partial charge on any atom is 0.128 e. The van der Waals surface area contributed by atoms with E-state index in [0.717, 1.165) is 17.1 Å². The molecule has 1 unspecified atom stereocenters. The lowest BCUT2D eigenvalue weighted by atomic mass is 10.1. The molecule has 108 valence electrons. The number of halogens is 1. The zero-order valence-corrected chi connectivity index (χ0v) is 12.6. The molecule has 0 amide bonds. The minimum atomic E-state index is 0. The normalized spacial score (nSPS) is 11.7. The van der Waals surface area contributed by atoms with E-state index in [1.165, 1.54) is 10.8 Å². The average molecular weight is 300 g/mol. The second-order valence-corrected chi connectivity index (χ2v) is 4.97. The van der Waals surface area contributed by atoms with Gasteiger partial charge in [0.2, 0.25) is 0 Å². The van der Waals surface area contributed by atoms with Crippen molar-refractivity contribution in [3.05, 3.63) is 72.3 Å². The van der Waals surface area contributed by atoms with Crippen LogP contribution in [0.1, 0.15) is 18.5 Å². The standard InChI is InChI=1S/C18H17NO.ClH/c1-13(19)14-6-9-17(10-7-14)20-18-11-8-15-4-2-3-5-16(15)12-18;/h2-13H,19H2,1H3;1H. The van der Waals surface area contributed by atoms with Crippen LogP contribution in [0.3, 0.4) is 0 Å². The molecule has 0 heterocycles. The van der Waals surface area contributed by atoms with Gasteiger partial charge in [0, 0.05) is 6.04 Å². The summed E-state index contributed by atoms with van der Waals surface area (Å²) < 4.78 is 5.88. The van der Waals surface area contributed by atoms with Crippen LogP contribution >= 0.6 is 12.4 Å². The first kappa shape index (κ1) is 15.4. The molecule has 0 aliphatic carbocycles. The molecular formula is C18H18ClNO. The van der Waals surface area contributed by atoms with Gasteiger partial charge in [-0.15, -0.1) is 12.4 Å². The van der Waals surface area contributed by atoms with Crippen LogP contribution in [0.15, 0.2) is 66.7 Å². The molecule has 3 rings (SSSR count). The molecule has 0 radical (unpaired) electrons. The molecular weight excluding hydrogens is 282 g/mol. The first-order valence-corrected chi connectivity index (χ1v) is 6.74. The van der Waals surface area contributed by atoms with Gasteiger partial charge in [0.05, 0.1) is 0 Å². The van der Waals surface area contributed by atoms with E-state index in [-0.39, 0.29) is 18.4 Å². The van der Waals surface area contributed by atoms with Gasteiger partial charge in [0.25, 0.3) is 0 Å². The molecule has 3 heteroatoms. The van der Waals surface area contributed by atoms with Crippen LogP contribution in [-0.4, -0.2) is 0 Å². The summed E-state index contributed by atoms with van der Waals surface area (Å²) in [5.74, 6) is 1.67. The monoisotopic (exact) mass is 299 g/mol. The van der Waals surface area contributed by atoms with Gasteiger partial charge in [0.1, 0.15) is 11.5 Å². The number of fused-ring (bicyclic) bond motifs is 1. The van der Waals surface area contributed by atoms with Crippen molar-refractivity contribution < 1.29 is 4.74 Å². The lowest BCUT2D eigenvalue weighted by Gasteiger charge is -2.09. The third-order valence-electron chi connectivity index (χ3n) is 3.36. The minimum Gasteiger partial charge on any atom is -0.457 e. The number of hydrogen-bond donors (Lipinski definition) is 1. The zero-order valence-electron chi connectivity index (χ0n) is 11.8. The van der Waals surface area contributed by atoms with Crippen LogP contribution in [0.2, 0.25) is 0 Å². The smallest absolute Gasteiger partial charge is 0.128 e. The molecule has 0 aliphatic heterocycles. The van der Waals surface area contributed by atoms with Crippen LogP contribution in [-0.2, 0) is 0 Å². The van der Waals surface area contributed by atoms with Crippen molar-refractivity contribution >= 4 is 23.2 Å². The molecule has 0 spiro atoms. The van der Waals surface area contributed by atoms with E-state index in [4.69, 9.17) is 10.5 Å². The fraction of sp³-hybridized carbons (Fsp3) is 0.111. The van der Waals surface area contributed by atoms with Gasteiger partial charge in [-0.1, -0.05) is 42.5 Å². The number of hydrogen-bond acceptors (Lipinski definition) is 2. The summed E-state index contributed by atoms with van der Waals surface area (Å²) in [5, 5.41) is 2.39. The van der Waals surface area contributed by atoms with Crippen LogP contribution < -0.4 is 10.5 Å². The van der Waals surface area contributed by atoms with Crippen LogP contribution in [0.25, 0.3) is 10.8 Å². The Labute approximate surface area is 131 Å². The van der Waals surface area contributed by atoms with E-state index in [1.54, 1.807) is 0 Å². The maximum atomic E-state index is 5.88. The third-order valence-corrected chi connectivity index (χ3v) is 3.36. The van der Waals surface area contributed by atoms with Crippen molar-refractivity contribution in [1.82, 2.24) is 0 Å². The largest absolute Gasteiger partial charge is 0.457 e. The highest BCUT2D eigenvalue weighted by Gasteiger charge is 2.02. The fourth-order valence-electron chi connectivity index (χ4n) is 2.21. The summed E-state index contributed by atoms with van der Waals surface area (Å²) in [7, 11) is 0. The van der Waals surface area contributed by atoms with E-state index in [9.17, 15) is 0 Å². The molecule has 0 saturated heterocycles. The van der Waals surface area contributed by atoms with Crippen LogP contribution in [0, 0.1) is 0 Å². The summed E-state index contributed by atoms with van der Waals surface area (Å²) >= 11 is 0. The Hall–Kier alpha value is -2.03. The third kappa shape index (κ3) is 3.54. The molecule has 2 nitrogen and oxygen atoms in total. The Morgan fingerprint density at radius 3 is 2.10 bits per heavy atom. The molecule has 3 aromatic carbocycles. The lowest BCUT2D eigenvalue weighted by Crippen LogP contribution is -2.04. The molecule has 1 atom stereocenters. The van der Waals surface area contributed by atoms with E-state index >= 15 is 0 Å². The van der Waals surface area contributed by atoms with E-state index in [1.807, 2.05) is 49.4 Å². The number of rotatable bonds is 3.